The van der Waals surface area contributed by atoms with Gasteiger partial charge in [-0.1, -0.05) is 35.4 Å². The average Bonchev–Trinajstić information content (AvgIpc) is 2.89. The summed E-state index contributed by atoms with van der Waals surface area (Å²) in [5.74, 6) is 0.523. The lowest BCUT2D eigenvalue weighted by atomic mass is 10.1. The van der Waals surface area contributed by atoms with E-state index in [0.717, 1.165) is 16.9 Å². The summed E-state index contributed by atoms with van der Waals surface area (Å²) in [5, 5.41) is 7.42. The fraction of sp³-hybridized carbons (Fsp3) is 0.158. The Kier molecular flexibility index (Phi) is 3.98. The molecule has 0 saturated carbocycles. The van der Waals surface area contributed by atoms with Gasteiger partial charge in [0.15, 0.2) is 0 Å². The molecule has 0 unspecified atom stereocenters. The molecule has 0 spiro atoms. The molecule has 1 amide bonds. The van der Waals surface area contributed by atoms with Gasteiger partial charge in [0.1, 0.15) is 5.82 Å². The molecule has 0 bridgehead atoms. The van der Waals surface area contributed by atoms with E-state index in [9.17, 15) is 4.79 Å². The van der Waals surface area contributed by atoms with Crippen molar-refractivity contribution in [2.75, 3.05) is 5.32 Å². The summed E-state index contributed by atoms with van der Waals surface area (Å²) >= 11 is 0. The van der Waals surface area contributed by atoms with E-state index in [2.05, 4.69) is 10.4 Å². The molecule has 0 saturated heterocycles. The number of hydrogen-bond donors (Lipinski definition) is 1. The lowest BCUT2D eigenvalue weighted by molar-refractivity contribution is 0.102. The average molecular weight is 305 g/mol. The van der Waals surface area contributed by atoms with Gasteiger partial charge < -0.3 is 5.32 Å². The highest BCUT2D eigenvalue weighted by Crippen LogP contribution is 2.18. The molecule has 3 aromatic rings. The molecule has 0 aliphatic rings. The lowest BCUT2D eigenvalue weighted by Gasteiger charge is -2.09. The van der Waals surface area contributed by atoms with Gasteiger partial charge in [0.05, 0.1) is 11.4 Å². The summed E-state index contributed by atoms with van der Waals surface area (Å²) < 4.78 is 1.75. The van der Waals surface area contributed by atoms with Crippen LogP contribution in [0.4, 0.5) is 5.82 Å². The van der Waals surface area contributed by atoms with Crippen molar-refractivity contribution in [2.24, 2.45) is 0 Å². The zero-order chi connectivity index (χ0) is 16.4. The van der Waals surface area contributed by atoms with E-state index in [-0.39, 0.29) is 5.91 Å². The number of benzene rings is 2. The molecule has 1 N–H and O–H groups in total. The van der Waals surface area contributed by atoms with Crippen LogP contribution in [0.25, 0.3) is 5.69 Å². The second-order valence-electron chi connectivity index (χ2n) is 5.74. The number of nitrogens with zero attached hydrogens (tertiary/aromatic N) is 2. The van der Waals surface area contributed by atoms with Crippen LogP contribution in [0.15, 0.2) is 54.6 Å². The molecule has 116 valence electrons. The molecule has 0 radical (unpaired) electrons. The minimum absolute atomic E-state index is 0.140. The van der Waals surface area contributed by atoms with E-state index >= 15 is 0 Å². The second-order valence-corrected chi connectivity index (χ2v) is 5.74. The fourth-order valence-electron chi connectivity index (χ4n) is 2.36. The third kappa shape index (κ3) is 3.31. The van der Waals surface area contributed by atoms with Crippen molar-refractivity contribution in [2.45, 2.75) is 20.8 Å². The number of amides is 1. The molecule has 0 aliphatic carbocycles. The summed E-state index contributed by atoms with van der Waals surface area (Å²) in [6, 6.07) is 17.4. The Bertz CT molecular complexity index is 830. The molecule has 0 aliphatic heterocycles. The van der Waals surface area contributed by atoms with Crippen LogP contribution in [0.5, 0.6) is 0 Å². The van der Waals surface area contributed by atoms with Crippen molar-refractivity contribution >= 4 is 11.7 Å². The number of carbonyl (C=O) groups excluding carboxylic acids is 1. The van der Waals surface area contributed by atoms with E-state index < -0.39 is 0 Å². The maximum atomic E-state index is 12.4. The normalized spacial score (nSPS) is 10.6. The summed E-state index contributed by atoms with van der Waals surface area (Å²) in [5.41, 5.74) is 4.71. The fourth-order valence-corrected chi connectivity index (χ4v) is 2.36. The SMILES string of the molecule is Cc1ccc(C(=O)Nc2cc(C)nn2-c2ccc(C)cc2)cc1. The molecule has 3 rings (SSSR count). The highest BCUT2D eigenvalue weighted by Gasteiger charge is 2.12. The van der Waals surface area contributed by atoms with Crippen molar-refractivity contribution in [1.29, 1.82) is 0 Å². The number of aryl methyl sites for hydroxylation is 3. The first kappa shape index (κ1) is 15.0. The predicted molar refractivity (Wildman–Crippen MR) is 92.2 cm³/mol. The van der Waals surface area contributed by atoms with Crippen molar-refractivity contribution < 1.29 is 4.79 Å². The van der Waals surface area contributed by atoms with E-state index in [1.807, 2.05) is 75.4 Å². The molecule has 4 nitrogen and oxygen atoms in total. The Morgan fingerprint density at radius 2 is 1.48 bits per heavy atom. The molecule has 1 heterocycles. The van der Waals surface area contributed by atoms with Gasteiger partial charge in [-0.05, 0) is 45.0 Å². The quantitative estimate of drug-likeness (QED) is 0.793. The first-order valence-electron chi connectivity index (χ1n) is 7.55. The minimum atomic E-state index is -0.140. The molecule has 4 heteroatoms. The lowest BCUT2D eigenvalue weighted by Crippen LogP contribution is -2.15. The molecular weight excluding hydrogens is 286 g/mol. The van der Waals surface area contributed by atoms with Crippen LogP contribution in [0, 0.1) is 20.8 Å². The number of rotatable bonds is 3. The Hall–Kier alpha value is -2.88. The maximum Gasteiger partial charge on any atom is 0.256 e. The second kappa shape index (κ2) is 6.08. The van der Waals surface area contributed by atoms with Gasteiger partial charge >= 0.3 is 0 Å². The molecule has 0 fully saturated rings. The van der Waals surface area contributed by atoms with E-state index in [4.69, 9.17) is 0 Å². The maximum absolute atomic E-state index is 12.4. The van der Waals surface area contributed by atoms with Crippen molar-refractivity contribution in [3.05, 3.63) is 77.0 Å². The van der Waals surface area contributed by atoms with Gasteiger partial charge in [0.2, 0.25) is 0 Å². The highest BCUT2D eigenvalue weighted by atomic mass is 16.1. The van der Waals surface area contributed by atoms with E-state index in [1.54, 1.807) is 4.68 Å². The van der Waals surface area contributed by atoms with E-state index in [0.29, 0.717) is 11.4 Å². The van der Waals surface area contributed by atoms with Crippen LogP contribution in [0.3, 0.4) is 0 Å². The Morgan fingerprint density at radius 3 is 2.09 bits per heavy atom. The number of carbonyl (C=O) groups is 1. The van der Waals surface area contributed by atoms with Gasteiger partial charge in [-0.3, -0.25) is 4.79 Å². The Morgan fingerprint density at radius 1 is 0.913 bits per heavy atom. The molecule has 23 heavy (non-hydrogen) atoms. The van der Waals surface area contributed by atoms with Crippen LogP contribution in [0.2, 0.25) is 0 Å². The van der Waals surface area contributed by atoms with E-state index in [1.165, 1.54) is 5.56 Å². The van der Waals surface area contributed by atoms with Crippen LogP contribution in [0.1, 0.15) is 27.2 Å². The predicted octanol–water partition coefficient (Wildman–Crippen LogP) is 4.05. The monoisotopic (exact) mass is 305 g/mol. The first-order chi connectivity index (χ1) is 11.0. The smallest absolute Gasteiger partial charge is 0.256 e. The van der Waals surface area contributed by atoms with Gasteiger partial charge in [0.25, 0.3) is 5.91 Å². The minimum Gasteiger partial charge on any atom is -0.306 e. The topological polar surface area (TPSA) is 46.9 Å². The third-order valence-corrected chi connectivity index (χ3v) is 3.67. The molecule has 2 aromatic carbocycles. The standard InChI is InChI=1S/C19H19N3O/c1-13-4-8-16(9-5-13)19(23)20-18-12-15(3)21-22(18)17-10-6-14(2)7-11-17/h4-12H,1-3H3,(H,20,23). The molecule has 1 aromatic heterocycles. The van der Waals surface area contributed by atoms with Crippen LogP contribution in [-0.2, 0) is 0 Å². The third-order valence-electron chi connectivity index (χ3n) is 3.67. The van der Waals surface area contributed by atoms with Crippen LogP contribution in [-0.4, -0.2) is 15.7 Å². The number of anilines is 1. The largest absolute Gasteiger partial charge is 0.306 e. The van der Waals surface area contributed by atoms with Crippen molar-refractivity contribution in [1.82, 2.24) is 9.78 Å². The van der Waals surface area contributed by atoms with Gasteiger partial charge in [0, 0.05) is 11.6 Å². The summed E-state index contributed by atoms with van der Waals surface area (Å²) in [6.45, 7) is 5.95. The first-order valence-corrected chi connectivity index (χ1v) is 7.55. The number of nitrogens with one attached hydrogen (secondary N) is 1. The Labute approximate surface area is 135 Å². The zero-order valence-corrected chi connectivity index (χ0v) is 13.5. The number of aromatic nitrogens is 2. The van der Waals surface area contributed by atoms with Gasteiger partial charge in [-0.2, -0.15) is 5.10 Å². The van der Waals surface area contributed by atoms with Crippen LogP contribution >= 0.6 is 0 Å². The van der Waals surface area contributed by atoms with Crippen molar-refractivity contribution in [3.8, 4) is 5.69 Å². The van der Waals surface area contributed by atoms with Gasteiger partial charge in [-0.25, -0.2) is 4.68 Å². The van der Waals surface area contributed by atoms with Crippen LogP contribution < -0.4 is 5.32 Å². The highest BCUT2D eigenvalue weighted by molar-refractivity contribution is 6.04. The number of hydrogen-bond acceptors (Lipinski definition) is 2. The van der Waals surface area contributed by atoms with Crippen molar-refractivity contribution in [3.63, 3.8) is 0 Å². The zero-order valence-electron chi connectivity index (χ0n) is 13.5. The molecule has 0 atom stereocenters. The summed E-state index contributed by atoms with van der Waals surface area (Å²) in [7, 11) is 0. The Balaban J connectivity index is 1.90. The summed E-state index contributed by atoms with van der Waals surface area (Å²) in [6.07, 6.45) is 0. The summed E-state index contributed by atoms with van der Waals surface area (Å²) in [4.78, 5) is 12.4. The molecular formula is C19H19N3O. The van der Waals surface area contributed by atoms with Gasteiger partial charge in [-0.15, -0.1) is 0 Å².